The lowest BCUT2D eigenvalue weighted by Gasteiger charge is -2.19. The molecule has 6 nitrogen and oxygen atoms in total. The third-order valence-electron chi connectivity index (χ3n) is 4.82. The molecule has 3 rings (SSSR count). The number of aryl methyl sites for hydroxylation is 1. The van der Waals surface area contributed by atoms with Crippen molar-refractivity contribution in [1.29, 1.82) is 0 Å². The Morgan fingerprint density at radius 1 is 1.00 bits per heavy atom. The molecule has 0 radical (unpaired) electrons. The second-order valence-corrected chi connectivity index (χ2v) is 8.10. The molecule has 0 amide bonds. The Bertz CT molecular complexity index is 1180. The highest BCUT2D eigenvalue weighted by Crippen LogP contribution is 2.21. The first kappa shape index (κ1) is 22.3. The first-order valence-corrected chi connectivity index (χ1v) is 10.3. The number of hydrogen-bond donors (Lipinski definition) is 1. The zero-order valence-electron chi connectivity index (χ0n) is 18.5. The lowest BCUT2D eigenvalue weighted by atomic mass is 10.1. The lowest BCUT2D eigenvalue weighted by Crippen LogP contribution is -2.41. The van der Waals surface area contributed by atoms with Gasteiger partial charge >= 0.3 is 5.69 Å². The number of benzene rings is 2. The summed E-state index contributed by atoms with van der Waals surface area (Å²) >= 11 is 0. The zero-order chi connectivity index (χ0) is 22.7. The van der Waals surface area contributed by atoms with Gasteiger partial charge in [0.25, 0.3) is 5.56 Å². The summed E-state index contributed by atoms with van der Waals surface area (Å²) in [5.74, 6) is 0.728. The largest absolute Gasteiger partial charge is 0.491 e. The molecular weight excluding hydrogens is 397 g/mol. The topological polar surface area (TPSA) is 65.3 Å². The van der Waals surface area contributed by atoms with Crippen LogP contribution in [0.4, 0.5) is 15.9 Å². The summed E-state index contributed by atoms with van der Waals surface area (Å²) in [5.41, 5.74) is 1.01. The van der Waals surface area contributed by atoms with Crippen molar-refractivity contribution < 1.29 is 9.13 Å². The van der Waals surface area contributed by atoms with Gasteiger partial charge in [-0.15, -0.1) is 0 Å². The second-order valence-electron chi connectivity index (χ2n) is 8.10. The average molecular weight is 426 g/mol. The fourth-order valence-electron chi connectivity index (χ4n) is 3.28. The summed E-state index contributed by atoms with van der Waals surface area (Å²) in [7, 11) is 0. The van der Waals surface area contributed by atoms with E-state index in [9.17, 15) is 14.0 Å². The van der Waals surface area contributed by atoms with Crippen molar-refractivity contribution >= 4 is 11.5 Å². The maximum absolute atomic E-state index is 14.1. The first-order valence-electron chi connectivity index (χ1n) is 10.3. The van der Waals surface area contributed by atoms with E-state index < -0.39 is 11.2 Å². The van der Waals surface area contributed by atoms with Crippen molar-refractivity contribution in [2.45, 2.75) is 53.3 Å². The van der Waals surface area contributed by atoms with E-state index in [-0.39, 0.29) is 24.5 Å². The molecule has 0 saturated heterocycles. The van der Waals surface area contributed by atoms with Crippen LogP contribution < -0.4 is 21.3 Å². The SMILES string of the molecule is Cc1ccc(Cn2c(Nc3ccc(OC(C)C)cc3)cc(=O)n(C(C)C)c2=O)cc1F. The van der Waals surface area contributed by atoms with E-state index in [0.29, 0.717) is 22.6 Å². The van der Waals surface area contributed by atoms with Crippen LogP contribution in [-0.4, -0.2) is 15.2 Å². The molecule has 0 aliphatic heterocycles. The Morgan fingerprint density at radius 3 is 2.26 bits per heavy atom. The normalized spacial score (nSPS) is 11.2. The molecule has 1 heterocycles. The Kier molecular flexibility index (Phi) is 6.63. The van der Waals surface area contributed by atoms with E-state index >= 15 is 0 Å². The standard InChI is InChI=1S/C24H28FN3O3/c1-15(2)28-23(29)13-22(26-19-8-10-20(11-9-19)31-16(3)4)27(24(28)30)14-18-7-6-17(5)21(25)12-18/h6-13,15-16,26H,14H2,1-5H3. The molecule has 0 aliphatic carbocycles. The van der Waals surface area contributed by atoms with Crippen molar-refractivity contribution in [1.82, 2.24) is 9.13 Å². The molecule has 1 aromatic heterocycles. The smallest absolute Gasteiger partial charge is 0.333 e. The number of anilines is 2. The summed E-state index contributed by atoms with van der Waals surface area (Å²) in [6, 6.07) is 13.2. The van der Waals surface area contributed by atoms with Crippen LogP contribution in [0.2, 0.25) is 0 Å². The highest BCUT2D eigenvalue weighted by atomic mass is 19.1. The number of hydrogen-bond acceptors (Lipinski definition) is 4. The molecule has 0 saturated carbocycles. The van der Waals surface area contributed by atoms with Crippen LogP contribution in [-0.2, 0) is 6.54 Å². The molecular formula is C24H28FN3O3. The molecule has 2 aromatic carbocycles. The lowest BCUT2D eigenvalue weighted by molar-refractivity contribution is 0.242. The predicted octanol–water partition coefficient (Wildman–Crippen LogP) is 4.62. The minimum Gasteiger partial charge on any atom is -0.491 e. The van der Waals surface area contributed by atoms with Gasteiger partial charge in [-0.2, -0.15) is 0 Å². The van der Waals surface area contributed by atoms with Gasteiger partial charge in [-0.1, -0.05) is 12.1 Å². The number of ether oxygens (including phenoxy) is 1. The summed E-state index contributed by atoms with van der Waals surface area (Å²) in [4.78, 5) is 25.7. The zero-order valence-corrected chi connectivity index (χ0v) is 18.5. The number of nitrogens with one attached hydrogen (secondary N) is 1. The molecule has 3 aromatic rings. The third kappa shape index (κ3) is 5.23. The van der Waals surface area contributed by atoms with Crippen LogP contribution in [0.5, 0.6) is 5.75 Å². The van der Waals surface area contributed by atoms with E-state index in [2.05, 4.69) is 5.32 Å². The predicted molar refractivity (Wildman–Crippen MR) is 121 cm³/mol. The number of aromatic nitrogens is 2. The number of rotatable bonds is 7. The van der Waals surface area contributed by atoms with Gasteiger partial charge in [0.05, 0.1) is 12.6 Å². The highest BCUT2D eigenvalue weighted by molar-refractivity contribution is 5.57. The number of halogens is 1. The van der Waals surface area contributed by atoms with E-state index in [0.717, 1.165) is 5.75 Å². The molecule has 164 valence electrons. The molecule has 0 spiro atoms. The molecule has 0 atom stereocenters. The van der Waals surface area contributed by atoms with Crippen molar-refractivity contribution in [2.24, 2.45) is 0 Å². The van der Waals surface area contributed by atoms with Gasteiger partial charge in [0, 0.05) is 17.8 Å². The van der Waals surface area contributed by atoms with Gasteiger partial charge in [0.2, 0.25) is 0 Å². The fourth-order valence-corrected chi connectivity index (χ4v) is 3.28. The van der Waals surface area contributed by atoms with E-state index in [1.807, 2.05) is 38.1 Å². The van der Waals surface area contributed by atoms with Crippen molar-refractivity contribution in [3.63, 3.8) is 0 Å². The minimum atomic E-state index is -0.453. The highest BCUT2D eigenvalue weighted by Gasteiger charge is 2.15. The van der Waals surface area contributed by atoms with E-state index in [4.69, 9.17) is 4.74 Å². The maximum atomic E-state index is 14.1. The number of nitrogens with zero attached hydrogens (tertiary/aromatic N) is 2. The Labute approximate surface area is 180 Å². The summed E-state index contributed by atoms with van der Waals surface area (Å²) < 4.78 is 22.3. The molecule has 0 unspecified atom stereocenters. The van der Waals surface area contributed by atoms with Crippen LogP contribution in [0.25, 0.3) is 0 Å². The van der Waals surface area contributed by atoms with Gasteiger partial charge in [0.1, 0.15) is 17.4 Å². The van der Waals surface area contributed by atoms with Gasteiger partial charge in [0.15, 0.2) is 0 Å². The van der Waals surface area contributed by atoms with Crippen LogP contribution in [0.3, 0.4) is 0 Å². The van der Waals surface area contributed by atoms with Crippen molar-refractivity contribution in [2.75, 3.05) is 5.32 Å². The van der Waals surface area contributed by atoms with E-state index in [1.165, 1.54) is 21.3 Å². The van der Waals surface area contributed by atoms with Gasteiger partial charge < -0.3 is 10.1 Å². The first-order chi connectivity index (χ1) is 14.7. The fraction of sp³-hybridized carbons (Fsp3) is 0.333. The second kappa shape index (κ2) is 9.20. The molecule has 0 bridgehead atoms. The molecule has 31 heavy (non-hydrogen) atoms. The van der Waals surface area contributed by atoms with Gasteiger partial charge in [-0.25, -0.2) is 9.18 Å². The monoisotopic (exact) mass is 425 g/mol. The summed E-state index contributed by atoms with van der Waals surface area (Å²) in [6.45, 7) is 9.26. The molecule has 7 heteroatoms. The molecule has 0 aliphatic rings. The average Bonchev–Trinajstić information content (AvgIpc) is 2.68. The van der Waals surface area contributed by atoms with Crippen molar-refractivity contribution in [3.8, 4) is 5.75 Å². The van der Waals surface area contributed by atoms with Gasteiger partial charge in [-0.05, 0) is 76.1 Å². The minimum absolute atomic E-state index is 0.0579. The summed E-state index contributed by atoms with van der Waals surface area (Å²) in [6.07, 6.45) is 0.0579. The Hall–Kier alpha value is -3.35. The third-order valence-corrected chi connectivity index (χ3v) is 4.82. The van der Waals surface area contributed by atoms with Crippen molar-refractivity contribution in [3.05, 3.63) is 86.3 Å². The molecule has 1 N–H and O–H groups in total. The quantitative estimate of drug-likeness (QED) is 0.600. The Morgan fingerprint density at radius 2 is 1.68 bits per heavy atom. The van der Waals surface area contributed by atoms with Crippen LogP contribution in [0.15, 0.2) is 58.1 Å². The van der Waals surface area contributed by atoms with Crippen LogP contribution in [0.1, 0.15) is 44.9 Å². The Balaban J connectivity index is 2.03. The summed E-state index contributed by atoms with van der Waals surface area (Å²) in [5, 5.41) is 3.15. The molecule has 0 fully saturated rings. The van der Waals surface area contributed by atoms with Crippen LogP contribution >= 0.6 is 0 Å². The maximum Gasteiger partial charge on any atom is 0.333 e. The van der Waals surface area contributed by atoms with Crippen LogP contribution in [0, 0.1) is 12.7 Å². The van der Waals surface area contributed by atoms with Gasteiger partial charge in [-0.3, -0.25) is 13.9 Å². The van der Waals surface area contributed by atoms with E-state index in [1.54, 1.807) is 32.9 Å².